The summed E-state index contributed by atoms with van der Waals surface area (Å²) >= 11 is 0. The number of aromatic nitrogens is 3. The van der Waals surface area contributed by atoms with Crippen LogP contribution in [0.25, 0.3) is 17.1 Å². The van der Waals surface area contributed by atoms with Gasteiger partial charge >= 0.3 is 0 Å². The van der Waals surface area contributed by atoms with Crippen LogP contribution >= 0.6 is 0 Å². The van der Waals surface area contributed by atoms with Gasteiger partial charge in [0.05, 0.1) is 5.69 Å². The largest absolute Gasteiger partial charge is 0.385 e. The van der Waals surface area contributed by atoms with E-state index in [2.05, 4.69) is 15.4 Å². The fraction of sp³-hybridized carbons (Fsp3) is 0.286. The van der Waals surface area contributed by atoms with Gasteiger partial charge in [0.25, 0.3) is 5.91 Å². The van der Waals surface area contributed by atoms with Gasteiger partial charge in [0.2, 0.25) is 5.82 Å². The van der Waals surface area contributed by atoms with Crippen molar-refractivity contribution in [3.05, 3.63) is 65.5 Å². The van der Waals surface area contributed by atoms with Crippen molar-refractivity contribution >= 4 is 5.91 Å². The normalized spacial score (nSPS) is 10.8. The minimum absolute atomic E-state index is 0.157. The van der Waals surface area contributed by atoms with Crippen LogP contribution in [0.2, 0.25) is 0 Å². The van der Waals surface area contributed by atoms with Crippen molar-refractivity contribution in [2.75, 3.05) is 20.3 Å². The van der Waals surface area contributed by atoms with Crippen molar-refractivity contribution in [1.82, 2.24) is 20.1 Å². The molecule has 0 aliphatic rings. The van der Waals surface area contributed by atoms with Gasteiger partial charge in [0, 0.05) is 25.8 Å². The Labute approximate surface area is 159 Å². The van der Waals surface area contributed by atoms with Gasteiger partial charge < -0.3 is 10.1 Å². The third-order valence-electron chi connectivity index (χ3n) is 4.18. The number of methoxy groups -OCH3 is 1. The molecule has 0 saturated heterocycles. The highest BCUT2D eigenvalue weighted by Crippen LogP contribution is 2.22. The second-order valence-electron chi connectivity index (χ2n) is 6.48. The first-order chi connectivity index (χ1) is 13.1. The molecule has 0 unspecified atom stereocenters. The van der Waals surface area contributed by atoms with Crippen molar-refractivity contribution in [2.45, 2.75) is 20.3 Å². The molecule has 3 rings (SSSR count). The zero-order chi connectivity index (χ0) is 19.2. The highest BCUT2D eigenvalue weighted by molar-refractivity contribution is 5.91. The van der Waals surface area contributed by atoms with Crippen LogP contribution in [0.3, 0.4) is 0 Å². The first-order valence-electron chi connectivity index (χ1n) is 8.97. The summed E-state index contributed by atoms with van der Waals surface area (Å²) in [5, 5.41) is 7.32. The number of benzene rings is 2. The number of rotatable bonds is 7. The summed E-state index contributed by atoms with van der Waals surface area (Å²) in [6, 6.07) is 16.0. The van der Waals surface area contributed by atoms with Gasteiger partial charge in [0.1, 0.15) is 0 Å². The van der Waals surface area contributed by atoms with Gasteiger partial charge in [-0.3, -0.25) is 4.79 Å². The van der Waals surface area contributed by atoms with Crippen LogP contribution < -0.4 is 5.32 Å². The van der Waals surface area contributed by atoms with E-state index in [0.29, 0.717) is 19.0 Å². The van der Waals surface area contributed by atoms with Crippen LogP contribution in [0.4, 0.5) is 0 Å². The molecular formula is C21H24N4O2. The van der Waals surface area contributed by atoms with Crippen LogP contribution in [0.1, 0.15) is 28.2 Å². The average Bonchev–Trinajstić information content (AvgIpc) is 3.11. The molecule has 2 aromatic carbocycles. The predicted octanol–water partition coefficient (Wildman–Crippen LogP) is 3.32. The predicted molar refractivity (Wildman–Crippen MR) is 105 cm³/mol. The number of hydrogen-bond donors (Lipinski definition) is 1. The monoisotopic (exact) mass is 364 g/mol. The Morgan fingerprint density at radius 1 is 1.11 bits per heavy atom. The lowest BCUT2D eigenvalue weighted by Gasteiger charge is -2.07. The van der Waals surface area contributed by atoms with Crippen LogP contribution in [-0.4, -0.2) is 40.9 Å². The lowest BCUT2D eigenvalue weighted by Crippen LogP contribution is -2.26. The fourth-order valence-electron chi connectivity index (χ4n) is 2.74. The van der Waals surface area contributed by atoms with Gasteiger partial charge in [-0.2, -0.15) is 0 Å². The Bertz CT molecular complexity index is 916. The maximum atomic E-state index is 12.5. The Balaban J connectivity index is 1.96. The molecule has 0 saturated carbocycles. The Morgan fingerprint density at radius 3 is 2.59 bits per heavy atom. The Morgan fingerprint density at radius 2 is 1.89 bits per heavy atom. The first-order valence-corrected chi connectivity index (χ1v) is 8.97. The zero-order valence-electron chi connectivity index (χ0n) is 15.9. The van der Waals surface area contributed by atoms with Gasteiger partial charge in [-0.05, 0) is 38.5 Å². The number of carbonyl (C=O) groups is 1. The maximum Gasteiger partial charge on any atom is 0.290 e. The lowest BCUT2D eigenvalue weighted by atomic mass is 10.1. The second-order valence-corrected chi connectivity index (χ2v) is 6.48. The minimum Gasteiger partial charge on any atom is -0.385 e. The molecule has 1 heterocycles. The highest BCUT2D eigenvalue weighted by Gasteiger charge is 2.18. The van der Waals surface area contributed by atoms with E-state index in [1.807, 2.05) is 62.4 Å². The molecule has 27 heavy (non-hydrogen) atoms. The number of nitrogens with zero attached hydrogens (tertiary/aromatic N) is 3. The number of nitrogens with one attached hydrogen (secondary N) is 1. The van der Waals surface area contributed by atoms with E-state index in [4.69, 9.17) is 4.74 Å². The number of aryl methyl sites for hydroxylation is 2. The topological polar surface area (TPSA) is 69.0 Å². The van der Waals surface area contributed by atoms with Crippen LogP contribution in [-0.2, 0) is 4.74 Å². The number of ether oxygens (including phenoxy) is 1. The number of hydrogen-bond acceptors (Lipinski definition) is 4. The summed E-state index contributed by atoms with van der Waals surface area (Å²) in [5.41, 5.74) is 4.06. The van der Waals surface area contributed by atoms with Crippen LogP contribution in [0, 0.1) is 13.8 Å². The quantitative estimate of drug-likeness (QED) is 0.653. The molecule has 1 aromatic heterocycles. The van der Waals surface area contributed by atoms with Crippen molar-refractivity contribution in [3.8, 4) is 17.1 Å². The molecule has 3 aromatic rings. The van der Waals surface area contributed by atoms with Gasteiger partial charge in [-0.15, -0.1) is 5.10 Å². The summed E-state index contributed by atoms with van der Waals surface area (Å²) in [7, 11) is 1.64. The van der Waals surface area contributed by atoms with E-state index in [1.54, 1.807) is 11.8 Å². The summed E-state index contributed by atoms with van der Waals surface area (Å²) < 4.78 is 6.72. The summed E-state index contributed by atoms with van der Waals surface area (Å²) in [6.45, 7) is 5.18. The van der Waals surface area contributed by atoms with Crippen molar-refractivity contribution in [3.63, 3.8) is 0 Å². The van der Waals surface area contributed by atoms with E-state index in [0.717, 1.165) is 28.8 Å². The summed E-state index contributed by atoms with van der Waals surface area (Å²) in [5.74, 6) is 0.514. The molecular weight excluding hydrogens is 340 g/mol. The molecule has 0 spiro atoms. The smallest absolute Gasteiger partial charge is 0.290 e. The van der Waals surface area contributed by atoms with E-state index in [9.17, 15) is 4.79 Å². The average molecular weight is 364 g/mol. The van der Waals surface area contributed by atoms with E-state index in [-0.39, 0.29) is 11.7 Å². The zero-order valence-corrected chi connectivity index (χ0v) is 15.9. The molecule has 6 nitrogen and oxygen atoms in total. The molecule has 0 bridgehead atoms. The van der Waals surface area contributed by atoms with Gasteiger partial charge in [0.15, 0.2) is 5.82 Å². The Kier molecular flexibility index (Phi) is 5.98. The molecule has 0 radical (unpaired) electrons. The molecule has 1 amide bonds. The number of carbonyl (C=O) groups excluding carboxylic acids is 1. The third kappa shape index (κ3) is 4.60. The van der Waals surface area contributed by atoms with Crippen molar-refractivity contribution in [2.24, 2.45) is 0 Å². The molecule has 1 N–H and O–H groups in total. The van der Waals surface area contributed by atoms with Crippen molar-refractivity contribution in [1.29, 1.82) is 0 Å². The fourth-order valence-corrected chi connectivity index (χ4v) is 2.74. The van der Waals surface area contributed by atoms with Crippen LogP contribution in [0.15, 0.2) is 48.5 Å². The lowest BCUT2D eigenvalue weighted by molar-refractivity contribution is 0.0938. The van der Waals surface area contributed by atoms with E-state index in [1.165, 1.54) is 0 Å². The third-order valence-corrected chi connectivity index (χ3v) is 4.18. The molecule has 0 atom stereocenters. The minimum atomic E-state index is -0.286. The van der Waals surface area contributed by atoms with Crippen molar-refractivity contribution < 1.29 is 9.53 Å². The van der Waals surface area contributed by atoms with E-state index >= 15 is 0 Å². The van der Waals surface area contributed by atoms with Gasteiger partial charge in [-0.25, -0.2) is 9.67 Å². The standard InChI is InChI=1S/C21H24N4O2/c1-15-8-10-18(11-9-15)25-20(17-7-4-6-16(2)14-17)23-19(24-25)21(26)22-12-5-13-27-3/h4,6-11,14H,5,12-13H2,1-3H3,(H,22,26). The maximum absolute atomic E-state index is 12.5. The summed E-state index contributed by atoms with van der Waals surface area (Å²) in [4.78, 5) is 17.0. The molecule has 6 heteroatoms. The molecule has 0 fully saturated rings. The molecule has 0 aliphatic heterocycles. The SMILES string of the molecule is COCCCNC(=O)c1nc(-c2cccc(C)c2)n(-c2ccc(C)cc2)n1. The highest BCUT2D eigenvalue weighted by atomic mass is 16.5. The second kappa shape index (κ2) is 8.60. The van der Waals surface area contributed by atoms with E-state index < -0.39 is 0 Å². The first kappa shape index (κ1) is 18.8. The number of amides is 1. The van der Waals surface area contributed by atoms with Gasteiger partial charge in [-0.1, -0.05) is 41.5 Å². The molecule has 0 aliphatic carbocycles. The van der Waals surface area contributed by atoms with Crippen LogP contribution in [0.5, 0.6) is 0 Å². The Hall–Kier alpha value is -2.99. The summed E-state index contributed by atoms with van der Waals surface area (Å²) in [6.07, 6.45) is 0.742. The molecule has 140 valence electrons.